The Bertz CT molecular complexity index is 604. The highest BCUT2D eigenvalue weighted by Crippen LogP contribution is 2.10. The van der Waals surface area contributed by atoms with E-state index in [1.165, 1.54) is 26.2 Å². The third kappa shape index (κ3) is 4.05. The Labute approximate surface area is 108 Å². The van der Waals surface area contributed by atoms with E-state index in [2.05, 4.69) is 4.72 Å². The molecule has 0 spiro atoms. The lowest BCUT2D eigenvalue weighted by Crippen LogP contribution is -2.35. The Kier molecular flexibility index (Phi) is 4.49. The second-order valence-electron chi connectivity index (χ2n) is 4.02. The van der Waals surface area contributed by atoms with Gasteiger partial charge in [0.1, 0.15) is 0 Å². The molecule has 0 saturated carbocycles. The first kappa shape index (κ1) is 15.1. The molecule has 0 aliphatic heterocycles. The lowest BCUT2D eigenvalue weighted by atomic mass is 10.2. The topological polar surface area (TPSA) is 83.6 Å². The van der Waals surface area contributed by atoms with Crippen LogP contribution in [0.25, 0.3) is 0 Å². The Balaban J connectivity index is 2.78. The molecule has 18 heavy (non-hydrogen) atoms. The zero-order valence-electron chi connectivity index (χ0n) is 10.4. The molecule has 0 amide bonds. The average molecular weight is 292 g/mol. The maximum atomic E-state index is 11.4. The van der Waals surface area contributed by atoms with Gasteiger partial charge in [-0.25, -0.2) is 8.42 Å². The Morgan fingerprint density at radius 1 is 1.06 bits per heavy atom. The van der Waals surface area contributed by atoms with E-state index in [0.717, 1.165) is 10.6 Å². The first-order valence-electron chi connectivity index (χ1n) is 5.09. The Morgan fingerprint density at radius 3 is 1.94 bits per heavy atom. The highest BCUT2D eigenvalue weighted by atomic mass is 32.2. The SMILES string of the molecule is CN(C)S(=O)(=O)NCc1ccc(S(C)(=O)=O)cc1. The van der Waals surface area contributed by atoms with Crippen molar-refractivity contribution in [3.05, 3.63) is 29.8 Å². The van der Waals surface area contributed by atoms with E-state index in [9.17, 15) is 16.8 Å². The van der Waals surface area contributed by atoms with Gasteiger partial charge >= 0.3 is 0 Å². The molecule has 0 aliphatic carbocycles. The van der Waals surface area contributed by atoms with Crippen LogP contribution in [0.3, 0.4) is 0 Å². The summed E-state index contributed by atoms with van der Waals surface area (Å²) in [5, 5.41) is 0. The molecule has 0 unspecified atom stereocenters. The minimum atomic E-state index is -3.47. The van der Waals surface area contributed by atoms with Crippen LogP contribution in [0.5, 0.6) is 0 Å². The summed E-state index contributed by atoms with van der Waals surface area (Å²) < 4.78 is 48.8. The van der Waals surface area contributed by atoms with E-state index in [-0.39, 0.29) is 11.4 Å². The minimum absolute atomic E-state index is 0.116. The second kappa shape index (κ2) is 5.35. The predicted molar refractivity (Wildman–Crippen MR) is 69.0 cm³/mol. The van der Waals surface area contributed by atoms with Crippen molar-refractivity contribution in [2.45, 2.75) is 11.4 Å². The van der Waals surface area contributed by atoms with E-state index in [4.69, 9.17) is 0 Å². The van der Waals surface area contributed by atoms with Crippen LogP contribution in [-0.4, -0.2) is 41.5 Å². The molecule has 1 rings (SSSR count). The number of benzene rings is 1. The molecule has 6 nitrogen and oxygen atoms in total. The molecule has 0 fully saturated rings. The highest BCUT2D eigenvalue weighted by molar-refractivity contribution is 7.90. The van der Waals surface area contributed by atoms with Crippen LogP contribution in [0.4, 0.5) is 0 Å². The highest BCUT2D eigenvalue weighted by Gasteiger charge is 2.12. The minimum Gasteiger partial charge on any atom is -0.224 e. The molecule has 0 bridgehead atoms. The maximum absolute atomic E-state index is 11.4. The summed E-state index contributed by atoms with van der Waals surface area (Å²) in [7, 11) is -3.84. The largest absolute Gasteiger partial charge is 0.279 e. The number of hydrogen-bond donors (Lipinski definition) is 1. The predicted octanol–water partition coefficient (Wildman–Crippen LogP) is -0.0139. The van der Waals surface area contributed by atoms with Crippen LogP contribution >= 0.6 is 0 Å². The molecular weight excluding hydrogens is 276 g/mol. The monoisotopic (exact) mass is 292 g/mol. The van der Waals surface area contributed by atoms with Crippen LogP contribution in [0.15, 0.2) is 29.2 Å². The molecule has 0 atom stereocenters. The fourth-order valence-corrected chi connectivity index (χ4v) is 2.40. The van der Waals surface area contributed by atoms with E-state index < -0.39 is 20.0 Å². The number of sulfone groups is 1. The van der Waals surface area contributed by atoms with E-state index in [1.807, 2.05) is 0 Å². The number of nitrogens with zero attached hydrogens (tertiary/aromatic N) is 1. The van der Waals surface area contributed by atoms with Gasteiger partial charge in [-0.2, -0.15) is 17.4 Å². The molecule has 1 aromatic carbocycles. The van der Waals surface area contributed by atoms with Gasteiger partial charge < -0.3 is 0 Å². The molecule has 8 heteroatoms. The summed E-state index contributed by atoms with van der Waals surface area (Å²) in [5.41, 5.74) is 0.688. The van der Waals surface area contributed by atoms with Gasteiger partial charge in [-0.1, -0.05) is 12.1 Å². The van der Waals surface area contributed by atoms with Gasteiger partial charge in [0.15, 0.2) is 9.84 Å². The van der Waals surface area contributed by atoms with Gasteiger partial charge in [0, 0.05) is 26.9 Å². The van der Waals surface area contributed by atoms with Gasteiger partial charge in [0.25, 0.3) is 10.2 Å². The van der Waals surface area contributed by atoms with Crippen LogP contribution in [0.2, 0.25) is 0 Å². The molecule has 0 radical (unpaired) electrons. The Morgan fingerprint density at radius 2 is 1.56 bits per heavy atom. The second-order valence-corrected chi connectivity index (χ2v) is 8.01. The number of rotatable bonds is 5. The fourth-order valence-electron chi connectivity index (χ4n) is 1.16. The first-order valence-corrected chi connectivity index (χ1v) is 8.42. The summed E-state index contributed by atoms with van der Waals surface area (Å²) in [5.74, 6) is 0. The van der Waals surface area contributed by atoms with Crippen molar-refractivity contribution >= 4 is 20.0 Å². The van der Waals surface area contributed by atoms with Crippen molar-refractivity contribution in [1.82, 2.24) is 9.03 Å². The lowest BCUT2D eigenvalue weighted by Gasteiger charge is -2.12. The van der Waals surface area contributed by atoms with Gasteiger partial charge in [0.2, 0.25) is 0 Å². The molecule has 0 heterocycles. The fraction of sp³-hybridized carbons (Fsp3) is 0.400. The van der Waals surface area contributed by atoms with Gasteiger partial charge in [-0.05, 0) is 17.7 Å². The molecule has 1 aromatic rings. The van der Waals surface area contributed by atoms with Crippen molar-refractivity contribution in [3.63, 3.8) is 0 Å². The number of hydrogen-bond acceptors (Lipinski definition) is 4. The van der Waals surface area contributed by atoms with Crippen molar-refractivity contribution < 1.29 is 16.8 Å². The molecule has 0 aliphatic rings. The smallest absolute Gasteiger partial charge is 0.224 e. The third-order valence-electron chi connectivity index (χ3n) is 2.29. The summed E-state index contributed by atoms with van der Waals surface area (Å²) >= 11 is 0. The molecule has 102 valence electrons. The van der Waals surface area contributed by atoms with Crippen molar-refractivity contribution in [3.8, 4) is 0 Å². The van der Waals surface area contributed by atoms with Gasteiger partial charge in [0.05, 0.1) is 4.90 Å². The van der Waals surface area contributed by atoms with Gasteiger partial charge in [-0.3, -0.25) is 0 Å². The van der Waals surface area contributed by atoms with Crippen molar-refractivity contribution in [2.75, 3.05) is 20.4 Å². The van der Waals surface area contributed by atoms with Crippen molar-refractivity contribution in [1.29, 1.82) is 0 Å². The van der Waals surface area contributed by atoms with Crippen molar-refractivity contribution in [2.24, 2.45) is 0 Å². The van der Waals surface area contributed by atoms with Gasteiger partial charge in [-0.15, -0.1) is 0 Å². The summed E-state index contributed by atoms with van der Waals surface area (Å²) in [6.07, 6.45) is 1.12. The molecular formula is C10H16N2O4S2. The summed E-state index contributed by atoms with van der Waals surface area (Å²) in [6, 6.07) is 6.06. The van der Waals surface area contributed by atoms with Crippen LogP contribution < -0.4 is 4.72 Å². The molecule has 0 saturated heterocycles. The molecule has 1 N–H and O–H groups in total. The lowest BCUT2D eigenvalue weighted by molar-refractivity contribution is 0.505. The van der Waals surface area contributed by atoms with Crippen LogP contribution in [-0.2, 0) is 26.6 Å². The summed E-state index contributed by atoms with van der Waals surface area (Å²) in [4.78, 5) is 0.210. The summed E-state index contributed by atoms with van der Waals surface area (Å²) in [6.45, 7) is 0.116. The number of nitrogens with one attached hydrogen (secondary N) is 1. The quantitative estimate of drug-likeness (QED) is 0.827. The average Bonchev–Trinajstić information content (AvgIpc) is 2.25. The standard InChI is InChI=1S/C10H16N2O4S2/c1-12(2)18(15,16)11-8-9-4-6-10(7-5-9)17(3,13)14/h4-7,11H,8H2,1-3H3. The Hall–Kier alpha value is -0.960. The molecule has 0 aromatic heterocycles. The van der Waals surface area contributed by atoms with Crippen LogP contribution in [0, 0.1) is 0 Å². The third-order valence-corrected chi connectivity index (χ3v) is 4.89. The zero-order chi connectivity index (χ0) is 14.0. The maximum Gasteiger partial charge on any atom is 0.279 e. The first-order chi connectivity index (χ1) is 8.13. The van der Waals surface area contributed by atoms with E-state index in [1.54, 1.807) is 12.1 Å². The van der Waals surface area contributed by atoms with E-state index in [0.29, 0.717) is 5.56 Å². The van der Waals surface area contributed by atoms with Crippen LogP contribution in [0.1, 0.15) is 5.56 Å². The van der Waals surface area contributed by atoms with E-state index >= 15 is 0 Å². The zero-order valence-corrected chi connectivity index (χ0v) is 12.0. The normalized spacial score (nSPS) is 12.9.